The van der Waals surface area contributed by atoms with Crippen molar-refractivity contribution in [1.82, 2.24) is 14.9 Å². The minimum absolute atomic E-state index is 0.0123. The minimum Gasteiger partial charge on any atom is -0.352 e. The standard InChI is InChI=1S/C20H21N3O/c1-14-6-2-3-7-16(14)13-21-20(24)15-10-11-23-18-9-5-4-8-17(18)22-19(23)12-15/h2-9,15H,10-13H2,1H3,(H,21,24). The Kier molecular flexibility index (Phi) is 3.81. The fraction of sp³-hybridized carbons (Fsp3) is 0.300. The van der Waals surface area contributed by atoms with Crippen LogP contribution >= 0.6 is 0 Å². The van der Waals surface area contributed by atoms with E-state index in [9.17, 15) is 4.79 Å². The Balaban J connectivity index is 1.46. The largest absolute Gasteiger partial charge is 0.352 e. The van der Waals surface area contributed by atoms with Gasteiger partial charge in [-0.3, -0.25) is 4.79 Å². The molecule has 1 aliphatic rings. The van der Waals surface area contributed by atoms with Crippen molar-refractivity contribution in [2.45, 2.75) is 32.9 Å². The summed E-state index contributed by atoms with van der Waals surface area (Å²) in [6, 6.07) is 16.4. The number of benzene rings is 2. The second kappa shape index (κ2) is 6.11. The number of hydrogen-bond acceptors (Lipinski definition) is 2. The number of para-hydroxylation sites is 2. The Hall–Kier alpha value is -2.62. The molecular weight excluding hydrogens is 298 g/mol. The second-order valence-corrected chi connectivity index (χ2v) is 6.50. The van der Waals surface area contributed by atoms with E-state index < -0.39 is 0 Å². The second-order valence-electron chi connectivity index (χ2n) is 6.50. The first-order valence-electron chi connectivity index (χ1n) is 8.49. The number of carbonyl (C=O) groups excluding carboxylic acids is 1. The van der Waals surface area contributed by atoms with Crippen molar-refractivity contribution in [2.24, 2.45) is 5.92 Å². The van der Waals surface area contributed by atoms with Crippen molar-refractivity contribution in [2.75, 3.05) is 0 Å². The number of nitrogens with one attached hydrogen (secondary N) is 1. The molecule has 24 heavy (non-hydrogen) atoms. The summed E-state index contributed by atoms with van der Waals surface area (Å²) in [7, 11) is 0. The van der Waals surface area contributed by atoms with Gasteiger partial charge in [-0.05, 0) is 36.6 Å². The molecule has 3 aromatic rings. The van der Waals surface area contributed by atoms with E-state index in [4.69, 9.17) is 4.98 Å². The Morgan fingerprint density at radius 1 is 1.21 bits per heavy atom. The summed E-state index contributed by atoms with van der Waals surface area (Å²) in [4.78, 5) is 17.3. The molecule has 4 rings (SSSR count). The third-order valence-corrected chi connectivity index (χ3v) is 4.95. The summed E-state index contributed by atoms with van der Waals surface area (Å²) in [5, 5.41) is 3.10. The van der Waals surface area contributed by atoms with Crippen molar-refractivity contribution in [3.05, 3.63) is 65.5 Å². The summed E-state index contributed by atoms with van der Waals surface area (Å²) in [5.41, 5.74) is 4.58. The van der Waals surface area contributed by atoms with Gasteiger partial charge in [0.15, 0.2) is 0 Å². The average Bonchev–Trinajstić information content (AvgIpc) is 2.98. The minimum atomic E-state index is 0.0123. The fourth-order valence-electron chi connectivity index (χ4n) is 3.50. The molecule has 2 heterocycles. The predicted molar refractivity (Wildman–Crippen MR) is 94.6 cm³/mol. The van der Waals surface area contributed by atoms with Gasteiger partial charge in [-0.15, -0.1) is 0 Å². The Morgan fingerprint density at radius 3 is 2.88 bits per heavy atom. The van der Waals surface area contributed by atoms with E-state index in [1.54, 1.807) is 0 Å². The maximum atomic E-state index is 12.6. The average molecular weight is 319 g/mol. The molecule has 1 aromatic heterocycles. The van der Waals surface area contributed by atoms with Crippen molar-refractivity contribution in [3.63, 3.8) is 0 Å². The molecule has 122 valence electrons. The Bertz CT molecular complexity index is 897. The zero-order chi connectivity index (χ0) is 16.5. The van der Waals surface area contributed by atoms with Gasteiger partial charge in [0.1, 0.15) is 5.82 Å². The molecule has 1 amide bonds. The van der Waals surface area contributed by atoms with Crippen LogP contribution in [0, 0.1) is 12.8 Å². The number of amides is 1. The van der Waals surface area contributed by atoms with Crippen LogP contribution in [-0.4, -0.2) is 15.5 Å². The summed E-state index contributed by atoms with van der Waals surface area (Å²) in [6.07, 6.45) is 1.58. The van der Waals surface area contributed by atoms with Crippen LogP contribution in [0.15, 0.2) is 48.5 Å². The first-order valence-corrected chi connectivity index (χ1v) is 8.49. The third kappa shape index (κ3) is 2.68. The molecular formula is C20H21N3O. The van der Waals surface area contributed by atoms with Gasteiger partial charge in [0.2, 0.25) is 5.91 Å². The van der Waals surface area contributed by atoms with Crippen LogP contribution in [0.25, 0.3) is 11.0 Å². The number of rotatable bonds is 3. The molecule has 0 saturated carbocycles. The lowest BCUT2D eigenvalue weighted by atomic mass is 9.96. The molecule has 2 aromatic carbocycles. The van der Waals surface area contributed by atoms with Crippen molar-refractivity contribution >= 4 is 16.9 Å². The smallest absolute Gasteiger partial charge is 0.223 e. The quantitative estimate of drug-likeness (QED) is 0.806. The van der Waals surface area contributed by atoms with E-state index in [0.717, 1.165) is 24.3 Å². The maximum Gasteiger partial charge on any atom is 0.223 e. The summed E-state index contributed by atoms with van der Waals surface area (Å²) >= 11 is 0. The van der Waals surface area contributed by atoms with Gasteiger partial charge >= 0.3 is 0 Å². The van der Waals surface area contributed by atoms with Crippen LogP contribution < -0.4 is 5.32 Å². The molecule has 4 heteroatoms. The molecule has 0 fully saturated rings. The summed E-state index contributed by atoms with van der Waals surface area (Å²) < 4.78 is 2.25. The molecule has 0 bridgehead atoms. The zero-order valence-corrected chi connectivity index (χ0v) is 13.8. The number of fused-ring (bicyclic) bond motifs is 3. The lowest BCUT2D eigenvalue weighted by Crippen LogP contribution is -2.35. The highest BCUT2D eigenvalue weighted by molar-refractivity contribution is 5.80. The van der Waals surface area contributed by atoms with Crippen LogP contribution in [-0.2, 0) is 24.3 Å². The van der Waals surface area contributed by atoms with Gasteiger partial charge in [-0.2, -0.15) is 0 Å². The molecule has 0 aliphatic carbocycles. The highest BCUT2D eigenvalue weighted by Gasteiger charge is 2.26. The number of aromatic nitrogens is 2. The van der Waals surface area contributed by atoms with Crippen molar-refractivity contribution < 1.29 is 4.79 Å². The van der Waals surface area contributed by atoms with Crippen LogP contribution in [0.4, 0.5) is 0 Å². The van der Waals surface area contributed by atoms with Gasteiger partial charge in [-0.25, -0.2) is 4.98 Å². The van der Waals surface area contributed by atoms with Gasteiger partial charge in [0.25, 0.3) is 0 Å². The third-order valence-electron chi connectivity index (χ3n) is 4.95. The lowest BCUT2D eigenvalue weighted by Gasteiger charge is -2.23. The highest BCUT2D eigenvalue weighted by atomic mass is 16.1. The molecule has 0 spiro atoms. The Morgan fingerprint density at radius 2 is 2.00 bits per heavy atom. The molecule has 1 aliphatic heterocycles. The number of aryl methyl sites for hydroxylation is 2. The molecule has 0 radical (unpaired) electrons. The van der Waals surface area contributed by atoms with Crippen LogP contribution in [0.1, 0.15) is 23.4 Å². The molecule has 1 atom stereocenters. The monoisotopic (exact) mass is 319 g/mol. The van der Waals surface area contributed by atoms with E-state index in [2.05, 4.69) is 35.0 Å². The van der Waals surface area contributed by atoms with Crippen LogP contribution in [0.3, 0.4) is 0 Å². The fourth-order valence-corrected chi connectivity index (χ4v) is 3.50. The molecule has 1 N–H and O–H groups in total. The van der Waals surface area contributed by atoms with E-state index in [0.29, 0.717) is 13.0 Å². The molecule has 4 nitrogen and oxygen atoms in total. The van der Waals surface area contributed by atoms with Crippen LogP contribution in [0.2, 0.25) is 0 Å². The predicted octanol–water partition coefficient (Wildman–Crippen LogP) is 3.22. The van der Waals surface area contributed by atoms with Gasteiger partial charge in [-0.1, -0.05) is 36.4 Å². The summed E-state index contributed by atoms with van der Waals surface area (Å²) in [5.74, 6) is 1.17. The normalized spacial score (nSPS) is 16.8. The van der Waals surface area contributed by atoms with E-state index in [1.807, 2.05) is 30.3 Å². The van der Waals surface area contributed by atoms with E-state index >= 15 is 0 Å². The van der Waals surface area contributed by atoms with E-state index in [-0.39, 0.29) is 11.8 Å². The number of nitrogens with zero attached hydrogens (tertiary/aromatic N) is 2. The van der Waals surface area contributed by atoms with Crippen molar-refractivity contribution in [1.29, 1.82) is 0 Å². The van der Waals surface area contributed by atoms with Gasteiger partial charge in [0.05, 0.1) is 11.0 Å². The van der Waals surface area contributed by atoms with Gasteiger partial charge < -0.3 is 9.88 Å². The highest BCUT2D eigenvalue weighted by Crippen LogP contribution is 2.25. The first-order chi connectivity index (χ1) is 11.7. The first kappa shape index (κ1) is 14.9. The summed E-state index contributed by atoms with van der Waals surface area (Å²) in [6.45, 7) is 3.53. The number of hydrogen-bond donors (Lipinski definition) is 1. The van der Waals surface area contributed by atoms with Gasteiger partial charge in [0, 0.05) is 25.4 Å². The van der Waals surface area contributed by atoms with Crippen LogP contribution in [0.5, 0.6) is 0 Å². The SMILES string of the molecule is Cc1ccccc1CNC(=O)C1CCn2c(nc3ccccc32)C1. The maximum absolute atomic E-state index is 12.6. The lowest BCUT2D eigenvalue weighted by molar-refractivity contribution is -0.125. The van der Waals surface area contributed by atoms with Crippen molar-refractivity contribution in [3.8, 4) is 0 Å². The Labute approximate surface area is 141 Å². The molecule has 1 unspecified atom stereocenters. The van der Waals surface area contributed by atoms with E-state index in [1.165, 1.54) is 16.6 Å². The number of carbonyl (C=O) groups is 1. The zero-order valence-electron chi connectivity index (χ0n) is 13.8. The topological polar surface area (TPSA) is 46.9 Å². The molecule has 0 saturated heterocycles. The number of imidazole rings is 1.